The number of nitrogens with zero attached hydrogens (tertiary/aromatic N) is 2. The lowest BCUT2D eigenvalue weighted by molar-refractivity contribution is 0.0525. The molecule has 6 rings (SSSR count). The van der Waals surface area contributed by atoms with E-state index in [0.717, 1.165) is 32.5 Å². The van der Waals surface area contributed by atoms with Crippen molar-refractivity contribution in [2.24, 2.45) is 0 Å². The van der Waals surface area contributed by atoms with Crippen molar-refractivity contribution in [3.8, 4) is 0 Å². The second-order valence-electron chi connectivity index (χ2n) is 8.25. The van der Waals surface area contributed by atoms with Crippen LogP contribution in [0.4, 0.5) is 5.69 Å². The van der Waals surface area contributed by atoms with E-state index in [2.05, 4.69) is 82.8 Å². The molecular weight excluding hydrogens is 344 g/mol. The maximum Gasteiger partial charge on any atom is 0.101 e. The summed E-state index contributed by atoms with van der Waals surface area (Å²) in [6.07, 6.45) is 2.24. The zero-order valence-electron chi connectivity index (χ0n) is 15.9. The minimum Gasteiger partial charge on any atom is -0.292 e. The van der Waals surface area contributed by atoms with Crippen LogP contribution in [-0.4, -0.2) is 17.5 Å². The first-order chi connectivity index (χ1) is 13.8. The molecule has 3 aromatic rings. The molecule has 3 aliphatic rings. The summed E-state index contributed by atoms with van der Waals surface area (Å²) in [6.45, 7) is 3.05. The third-order valence-electron chi connectivity index (χ3n) is 6.42. The van der Waals surface area contributed by atoms with Gasteiger partial charge in [-0.2, -0.15) is 0 Å². The Morgan fingerprint density at radius 3 is 2.18 bits per heavy atom. The van der Waals surface area contributed by atoms with E-state index in [-0.39, 0.29) is 6.10 Å². The van der Waals surface area contributed by atoms with Crippen molar-refractivity contribution in [1.29, 1.82) is 0 Å². The van der Waals surface area contributed by atoms with E-state index in [1.54, 1.807) is 0 Å². The third-order valence-corrected chi connectivity index (χ3v) is 6.42. The normalized spacial score (nSPS) is 22.9. The van der Waals surface area contributed by atoms with Gasteiger partial charge in [-0.3, -0.25) is 9.74 Å². The maximum absolute atomic E-state index is 6.58. The molecular formula is C25H24N2O. The molecule has 3 heterocycles. The van der Waals surface area contributed by atoms with E-state index >= 15 is 0 Å². The van der Waals surface area contributed by atoms with Crippen LogP contribution in [-0.2, 0) is 24.3 Å². The molecule has 2 unspecified atom stereocenters. The van der Waals surface area contributed by atoms with Crippen molar-refractivity contribution in [3.05, 3.63) is 101 Å². The first-order valence-corrected chi connectivity index (χ1v) is 10.3. The first-order valence-electron chi connectivity index (χ1n) is 10.3. The summed E-state index contributed by atoms with van der Waals surface area (Å²) in [5, 5.41) is 2.20. The van der Waals surface area contributed by atoms with Crippen molar-refractivity contribution in [2.75, 3.05) is 11.6 Å². The summed E-state index contributed by atoms with van der Waals surface area (Å²) in [5.41, 5.74) is 8.37. The van der Waals surface area contributed by atoms with Crippen molar-refractivity contribution in [2.45, 2.75) is 38.1 Å². The zero-order chi connectivity index (χ0) is 18.5. The molecule has 3 aliphatic heterocycles. The number of hydrogen-bond acceptors (Lipinski definition) is 3. The molecule has 140 valence electrons. The van der Waals surface area contributed by atoms with Crippen LogP contribution in [0.1, 0.15) is 40.3 Å². The average molecular weight is 368 g/mol. The number of hydroxylamine groups is 1. The van der Waals surface area contributed by atoms with Gasteiger partial charge in [0.15, 0.2) is 0 Å². The number of rotatable bonds is 2. The Balaban J connectivity index is 1.29. The van der Waals surface area contributed by atoms with Gasteiger partial charge < -0.3 is 0 Å². The Morgan fingerprint density at radius 2 is 1.39 bits per heavy atom. The van der Waals surface area contributed by atoms with Crippen LogP contribution in [0, 0.1) is 0 Å². The smallest absolute Gasteiger partial charge is 0.101 e. The summed E-state index contributed by atoms with van der Waals surface area (Å²) in [6, 6.07) is 26.7. The van der Waals surface area contributed by atoms with Crippen LogP contribution >= 0.6 is 0 Å². The summed E-state index contributed by atoms with van der Waals surface area (Å²) in [4.78, 5) is 9.11. The van der Waals surface area contributed by atoms with Crippen LogP contribution in [0.15, 0.2) is 72.8 Å². The number of fused-ring (bicyclic) bond motifs is 6. The average Bonchev–Trinajstić information content (AvgIpc) is 3.29. The number of benzene rings is 3. The summed E-state index contributed by atoms with van der Waals surface area (Å²) < 4.78 is 0. The Labute approximate surface area is 166 Å². The fourth-order valence-corrected chi connectivity index (χ4v) is 5.13. The van der Waals surface area contributed by atoms with E-state index in [1.165, 1.54) is 33.5 Å². The van der Waals surface area contributed by atoms with Gasteiger partial charge in [0.25, 0.3) is 0 Å². The summed E-state index contributed by atoms with van der Waals surface area (Å²) >= 11 is 0. The highest BCUT2D eigenvalue weighted by molar-refractivity contribution is 5.59. The Hall–Kier alpha value is -2.62. The minimum absolute atomic E-state index is 0.221. The fraction of sp³-hybridized carbons (Fsp3) is 0.280. The second kappa shape index (κ2) is 6.47. The highest BCUT2D eigenvalue weighted by Gasteiger charge is 2.39. The number of hydrogen-bond donors (Lipinski definition) is 0. The molecule has 2 atom stereocenters. The molecule has 1 saturated heterocycles. The van der Waals surface area contributed by atoms with E-state index in [4.69, 9.17) is 4.84 Å². The zero-order valence-corrected chi connectivity index (χ0v) is 15.9. The molecule has 0 aliphatic carbocycles. The molecule has 3 heteroatoms. The fourth-order valence-electron chi connectivity index (χ4n) is 5.13. The van der Waals surface area contributed by atoms with Gasteiger partial charge in [-0.15, -0.1) is 0 Å². The molecule has 28 heavy (non-hydrogen) atoms. The molecule has 0 aromatic heterocycles. The maximum atomic E-state index is 6.58. The lowest BCUT2D eigenvalue weighted by atomic mass is 9.95. The van der Waals surface area contributed by atoms with Crippen molar-refractivity contribution in [1.82, 2.24) is 4.90 Å². The quantitative estimate of drug-likeness (QED) is 0.643. The SMILES string of the molecule is c1ccc2c(c1)CN(CC1CC3c4ccccc4Cc4ccccc4N3O1)C2. The van der Waals surface area contributed by atoms with Gasteiger partial charge in [0.1, 0.15) is 6.10 Å². The van der Waals surface area contributed by atoms with Gasteiger partial charge in [0.05, 0.1) is 11.7 Å². The van der Waals surface area contributed by atoms with E-state index < -0.39 is 0 Å². The number of para-hydroxylation sites is 1. The van der Waals surface area contributed by atoms with Crippen LogP contribution in [0.3, 0.4) is 0 Å². The predicted octanol–water partition coefficient (Wildman–Crippen LogP) is 4.86. The standard InChI is InChI=1S/C25H24N2O/c1-2-10-21-16-26(15-20(21)9-1)17-22-14-25-23-11-5-3-7-18(23)13-19-8-4-6-12-24(19)27(25)28-22/h1-12,22,25H,13-17H2. The molecule has 3 aromatic carbocycles. The van der Waals surface area contributed by atoms with Crippen LogP contribution in [0.25, 0.3) is 0 Å². The van der Waals surface area contributed by atoms with Gasteiger partial charge in [0.2, 0.25) is 0 Å². The van der Waals surface area contributed by atoms with Crippen molar-refractivity contribution in [3.63, 3.8) is 0 Å². The van der Waals surface area contributed by atoms with Crippen LogP contribution < -0.4 is 5.06 Å². The largest absolute Gasteiger partial charge is 0.292 e. The summed E-state index contributed by atoms with van der Waals surface area (Å²) in [5.74, 6) is 0. The third kappa shape index (κ3) is 2.66. The number of anilines is 1. The van der Waals surface area contributed by atoms with Gasteiger partial charge >= 0.3 is 0 Å². The Bertz CT molecular complexity index is 952. The van der Waals surface area contributed by atoms with E-state index in [0.29, 0.717) is 6.04 Å². The highest BCUT2D eigenvalue weighted by atomic mass is 16.7. The molecule has 0 saturated carbocycles. The summed E-state index contributed by atoms with van der Waals surface area (Å²) in [7, 11) is 0. The van der Waals surface area contributed by atoms with E-state index in [9.17, 15) is 0 Å². The van der Waals surface area contributed by atoms with Crippen molar-refractivity contribution >= 4 is 5.69 Å². The minimum atomic E-state index is 0.221. The molecule has 3 nitrogen and oxygen atoms in total. The molecule has 1 fully saturated rings. The Morgan fingerprint density at radius 1 is 0.750 bits per heavy atom. The van der Waals surface area contributed by atoms with Gasteiger partial charge in [-0.25, -0.2) is 5.06 Å². The van der Waals surface area contributed by atoms with Gasteiger partial charge in [-0.05, 0) is 40.3 Å². The molecule has 0 amide bonds. The predicted molar refractivity (Wildman–Crippen MR) is 111 cm³/mol. The highest BCUT2D eigenvalue weighted by Crippen LogP contribution is 2.44. The van der Waals surface area contributed by atoms with Crippen LogP contribution in [0.5, 0.6) is 0 Å². The lowest BCUT2D eigenvalue weighted by Crippen LogP contribution is -2.29. The Kier molecular flexibility index (Phi) is 3.78. The van der Waals surface area contributed by atoms with E-state index in [1.807, 2.05) is 0 Å². The van der Waals surface area contributed by atoms with Gasteiger partial charge in [-0.1, -0.05) is 66.7 Å². The van der Waals surface area contributed by atoms with Crippen LogP contribution in [0.2, 0.25) is 0 Å². The van der Waals surface area contributed by atoms with Crippen molar-refractivity contribution < 1.29 is 4.84 Å². The molecule has 0 bridgehead atoms. The molecule has 0 spiro atoms. The second-order valence-corrected chi connectivity index (χ2v) is 8.25. The van der Waals surface area contributed by atoms with Gasteiger partial charge in [0, 0.05) is 26.1 Å². The topological polar surface area (TPSA) is 15.7 Å². The lowest BCUT2D eigenvalue weighted by Gasteiger charge is -2.25. The monoisotopic (exact) mass is 368 g/mol. The molecule has 0 radical (unpaired) electrons. The first kappa shape index (κ1) is 16.3. The molecule has 0 N–H and O–H groups in total.